The van der Waals surface area contributed by atoms with Crippen molar-refractivity contribution in [2.75, 3.05) is 18.4 Å². The molecule has 0 spiro atoms. The molecule has 5 N–H and O–H groups in total. The fourth-order valence-electron chi connectivity index (χ4n) is 5.14. The predicted octanol–water partition coefficient (Wildman–Crippen LogP) is 4.73. The van der Waals surface area contributed by atoms with Crippen LogP contribution < -0.4 is 16.4 Å². The van der Waals surface area contributed by atoms with Crippen LogP contribution in [0.2, 0.25) is 5.02 Å². The number of aliphatic imine (C=N–C) groups is 1. The molecule has 1 aliphatic rings. The molecule has 0 saturated heterocycles. The molecule has 0 aliphatic carbocycles. The first-order valence-electron chi connectivity index (χ1n) is 14.6. The standard InChI is InChI=1S/C33H32ClN7O4S/c1-18-19(2)46-32-29(18)30(21-8-10-23(34)11-9-21)38-26(31-40-39-20(3)41(31)32)17-28(43)36-15-5-7-27(42)37-24-12-13-25(33(44)45)22(16-24)6-4-14-35/h8-13,16,26H,5,7,14-15,17,35H2,1-3H3,(H,36,43)(H,37,42)(H,44,45)/t26-/m0/s1. The van der Waals surface area contributed by atoms with Crippen LogP contribution in [-0.2, 0) is 9.59 Å². The number of thiophene rings is 1. The first-order chi connectivity index (χ1) is 22.1. The first-order valence-corrected chi connectivity index (χ1v) is 15.8. The molecular formula is C33H32ClN7O4S. The molecule has 46 heavy (non-hydrogen) atoms. The fourth-order valence-corrected chi connectivity index (χ4v) is 6.48. The summed E-state index contributed by atoms with van der Waals surface area (Å²) in [5.74, 6) is 5.01. The van der Waals surface area contributed by atoms with Gasteiger partial charge in [0.2, 0.25) is 11.8 Å². The van der Waals surface area contributed by atoms with Gasteiger partial charge in [-0.2, -0.15) is 0 Å². The highest BCUT2D eigenvalue weighted by molar-refractivity contribution is 7.15. The summed E-state index contributed by atoms with van der Waals surface area (Å²) in [6, 6.07) is 11.3. The van der Waals surface area contributed by atoms with E-state index in [-0.39, 0.29) is 48.9 Å². The van der Waals surface area contributed by atoms with Crippen LogP contribution in [0.4, 0.5) is 5.69 Å². The molecular weight excluding hydrogens is 626 g/mol. The molecule has 2 amide bonds. The summed E-state index contributed by atoms with van der Waals surface area (Å²) in [6.07, 6.45) is 0.565. The number of rotatable bonds is 9. The van der Waals surface area contributed by atoms with Crippen molar-refractivity contribution in [1.29, 1.82) is 0 Å². The third-order valence-electron chi connectivity index (χ3n) is 7.50. The van der Waals surface area contributed by atoms with E-state index in [0.717, 1.165) is 32.3 Å². The second kappa shape index (κ2) is 14.1. The van der Waals surface area contributed by atoms with Gasteiger partial charge in [-0.15, -0.1) is 21.5 Å². The minimum atomic E-state index is -1.12. The summed E-state index contributed by atoms with van der Waals surface area (Å²) in [4.78, 5) is 43.5. The van der Waals surface area contributed by atoms with Crippen LogP contribution in [0, 0.1) is 32.6 Å². The zero-order valence-electron chi connectivity index (χ0n) is 25.5. The Morgan fingerprint density at radius 3 is 2.57 bits per heavy atom. The number of hydrogen-bond donors (Lipinski definition) is 4. The molecule has 0 radical (unpaired) electrons. The molecule has 0 unspecified atom stereocenters. The Kier molecular flexibility index (Phi) is 9.96. The van der Waals surface area contributed by atoms with Crippen LogP contribution in [-0.4, -0.2) is 56.5 Å². The molecule has 0 saturated carbocycles. The number of nitrogens with one attached hydrogen (secondary N) is 2. The van der Waals surface area contributed by atoms with Gasteiger partial charge in [-0.1, -0.05) is 35.6 Å². The first kappa shape index (κ1) is 32.6. The molecule has 1 atom stereocenters. The van der Waals surface area contributed by atoms with E-state index >= 15 is 0 Å². The second-order valence-corrected chi connectivity index (χ2v) is 12.3. The van der Waals surface area contributed by atoms with Crippen LogP contribution in [0.25, 0.3) is 5.00 Å². The van der Waals surface area contributed by atoms with Gasteiger partial charge in [0.25, 0.3) is 0 Å². The van der Waals surface area contributed by atoms with Crippen molar-refractivity contribution in [2.24, 2.45) is 10.7 Å². The van der Waals surface area contributed by atoms with Gasteiger partial charge >= 0.3 is 5.97 Å². The highest BCUT2D eigenvalue weighted by Gasteiger charge is 2.32. The number of nitrogens with zero attached hydrogens (tertiary/aromatic N) is 4. The number of amides is 2. The molecule has 0 fully saturated rings. The third kappa shape index (κ3) is 7.02. The van der Waals surface area contributed by atoms with E-state index in [1.807, 2.05) is 35.8 Å². The summed E-state index contributed by atoms with van der Waals surface area (Å²) in [5, 5.41) is 25.4. The van der Waals surface area contributed by atoms with Gasteiger partial charge in [0.05, 0.1) is 24.2 Å². The van der Waals surface area contributed by atoms with Crippen molar-refractivity contribution in [2.45, 2.75) is 46.1 Å². The molecule has 13 heteroatoms. The van der Waals surface area contributed by atoms with E-state index < -0.39 is 12.0 Å². The molecule has 3 heterocycles. The average molecular weight is 658 g/mol. The van der Waals surface area contributed by atoms with Crippen molar-refractivity contribution >= 4 is 52.1 Å². The fraction of sp³-hybridized carbons (Fsp3) is 0.273. The highest BCUT2D eigenvalue weighted by Crippen LogP contribution is 2.39. The number of benzene rings is 2. The molecule has 11 nitrogen and oxygen atoms in total. The number of fused-ring (bicyclic) bond motifs is 3. The number of carboxylic acids is 1. The summed E-state index contributed by atoms with van der Waals surface area (Å²) >= 11 is 7.83. The normalized spacial score (nSPS) is 13.4. The van der Waals surface area contributed by atoms with Crippen LogP contribution >= 0.6 is 22.9 Å². The van der Waals surface area contributed by atoms with Gasteiger partial charge in [-0.25, -0.2) is 4.79 Å². The Hall–Kier alpha value is -4.83. The number of carbonyl (C=O) groups excluding carboxylic acids is 2. The largest absolute Gasteiger partial charge is 0.478 e. The molecule has 1 aliphatic heterocycles. The van der Waals surface area contributed by atoms with E-state index in [2.05, 4.69) is 46.5 Å². The monoisotopic (exact) mass is 657 g/mol. The van der Waals surface area contributed by atoms with Crippen molar-refractivity contribution in [3.05, 3.63) is 91.8 Å². The van der Waals surface area contributed by atoms with E-state index in [9.17, 15) is 19.5 Å². The summed E-state index contributed by atoms with van der Waals surface area (Å²) in [5.41, 5.74) is 9.85. The molecule has 236 valence electrons. The Balaban J connectivity index is 1.26. The zero-order valence-corrected chi connectivity index (χ0v) is 27.1. The number of carbonyl (C=O) groups is 3. The Labute approximate surface area is 274 Å². The summed E-state index contributed by atoms with van der Waals surface area (Å²) < 4.78 is 1.99. The van der Waals surface area contributed by atoms with Crippen molar-refractivity contribution in [1.82, 2.24) is 20.1 Å². The number of anilines is 1. The number of aromatic nitrogens is 3. The van der Waals surface area contributed by atoms with Gasteiger partial charge in [-0.3, -0.25) is 19.1 Å². The van der Waals surface area contributed by atoms with E-state index in [1.165, 1.54) is 18.2 Å². The van der Waals surface area contributed by atoms with E-state index in [0.29, 0.717) is 28.8 Å². The average Bonchev–Trinajstić information content (AvgIpc) is 3.50. The lowest BCUT2D eigenvalue weighted by Gasteiger charge is -2.13. The summed E-state index contributed by atoms with van der Waals surface area (Å²) in [7, 11) is 0. The van der Waals surface area contributed by atoms with E-state index in [4.69, 9.17) is 22.3 Å². The molecule has 2 aromatic carbocycles. The van der Waals surface area contributed by atoms with Gasteiger partial charge < -0.3 is 21.5 Å². The molecule has 4 aromatic rings. The predicted molar refractivity (Wildman–Crippen MR) is 178 cm³/mol. The molecule has 5 rings (SSSR count). The minimum Gasteiger partial charge on any atom is -0.478 e. The minimum absolute atomic E-state index is 0.0224. The number of aromatic carboxylic acids is 1. The lowest BCUT2D eigenvalue weighted by molar-refractivity contribution is -0.122. The quantitative estimate of drug-likeness (QED) is 0.149. The maximum atomic E-state index is 13.2. The van der Waals surface area contributed by atoms with Gasteiger partial charge in [0.1, 0.15) is 16.9 Å². The van der Waals surface area contributed by atoms with Crippen LogP contribution in [0.5, 0.6) is 0 Å². The highest BCUT2D eigenvalue weighted by atomic mass is 35.5. The molecule has 2 aromatic heterocycles. The Morgan fingerprint density at radius 1 is 1.09 bits per heavy atom. The van der Waals surface area contributed by atoms with Crippen LogP contribution in [0.1, 0.15) is 74.4 Å². The van der Waals surface area contributed by atoms with Gasteiger partial charge in [0, 0.05) is 45.2 Å². The van der Waals surface area contributed by atoms with Crippen molar-refractivity contribution in [3.8, 4) is 16.8 Å². The zero-order chi connectivity index (χ0) is 33.0. The van der Waals surface area contributed by atoms with Crippen molar-refractivity contribution < 1.29 is 19.5 Å². The molecule has 0 bridgehead atoms. The van der Waals surface area contributed by atoms with Crippen LogP contribution in [0.3, 0.4) is 0 Å². The third-order valence-corrected chi connectivity index (χ3v) is 8.94. The number of aryl methyl sites for hydroxylation is 2. The number of carboxylic acid groups (broad SMARTS) is 1. The summed E-state index contributed by atoms with van der Waals surface area (Å²) in [6.45, 7) is 6.37. The topological polar surface area (TPSA) is 165 Å². The maximum Gasteiger partial charge on any atom is 0.336 e. The maximum absolute atomic E-state index is 13.2. The number of hydrogen-bond acceptors (Lipinski definition) is 8. The smallest absolute Gasteiger partial charge is 0.336 e. The lowest BCUT2D eigenvalue weighted by Crippen LogP contribution is -2.27. The second-order valence-electron chi connectivity index (χ2n) is 10.7. The number of nitrogens with two attached hydrogens (primary N) is 1. The van der Waals surface area contributed by atoms with Crippen molar-refractivity contribution in [3.63, 3.8) is 0 Å². The van der Waals surface area contributed by atoms with Gasteiger partial charge in [0.15, 0.2) is 5.82 Å². The lowest BCUT2D eigenvalue weighted by atomic mass is 9.99. The Morgan fingerprint density at radius 2 is 1.85 bits per heavy atom. The number of halogens is 1. The van der Waals surface area contributed by atoms with E-state index in [1.54, 1.807) is 11.3 Å². The SMILES string of the molecule is Cc1sc2c(c1C)C(c1ccc(Cl)cc1)=N[C@@H](CC(=O)NCCCC(=O)Nc1ccc(C(=O)O)c(C#CCN)c1)c1nnc(C)n1-2. The van der Waals surface area contributed by atoms with Gasteiger partial charge in [-0.05, 0) is 63.1 Å². The van der Waals surface area contributed by atoms with Crippen LogP contribution in [0.15, 0.2) is 47.5 Å². The Bertz CT molecular complexity index is 1920.